The first-order chi connectivity index (χ1) is 7.50. The van der Waals surface area contributed by atoms with Gasteiger partial charge in [-0.2, -0.15) is 0 Å². The summed E-state index contributed by atoms with van der Waals surface area (Å²) in [6.45, 7) is 3.77. The molecule has 6 nitrogen and oxygen atoms in total. The molecule has 0 spiro atoms. The number of rotatable bonds is 4. The molecule has 0 saturated carbocycles. The monoisotopic (exact) mass is 224 g/mol. The van der Waals surface area contributed by atoms with Crippen molar-refractivity contribution in [3.63, 3.8) is 0 Å². The van der Waals surface area contributed by atoms with Gasteiger partial charge in [-0.3, -0.25) is 4.79 Å². The number of anilines is 1. The molecule has 0 radical (unpaired) electrons. The Morgan fingerprint density at radius 1 is 1.56 bits per heavy atom. The van der Waals surface area contributed by atoms with Crippen molar-refractivity contribution in [1.82, 2.24) is 9.97 Å². The number of carbonyl (C=O) groups is 1. The number of carbonyl (C=O) groups excluding carboxylic acids is 1. The van der Waals surface area contributed by atoms with Gasteiger partial charge in [-0.15, -0.1) is 0 Å². The van der Waals surface area contributed by atoms with Crippen molar-refractivity contribution in [2.75, 3.05) is 5.73 Å². The second-order valence-electron chi connectivity index (χ2n) is 3.78. The molecule has 0 aliphatic heterocycles. The fourth-order valence-corrected chi connectivity index (χ4v) is 1.01. The molecule has 0 amide bonds. The van der Waals surface area contributed by atoms with Crippen LogP contribution in [0.3, 0.4) is 0 Å². The standard InChI is InChI=1S/C10H16N4O2/c1-6(2)8(11)9(15)16-5-7-3-4-13-10(12)14-7/h3-4,6,8H,5,11H2,1-2H3,(H2,12,13,14). The van der Waals surface area contributed by atoms with E-state index in [0.717, 1.165) is 0 Å². The van der Waals surface area contributed by atoms with Gasteiger partial charge in [0.15, 0.2) is 0 Å². The average Bonchev–Trinajstić information content (AvgIpc) is 2.24. The van der Waals surface area contributed by atoms with E-state index in [-0.39, 0.29) is 18.5 Å². The number of aromatic nitrogens is 2. The van der Waals surface area contributed by atoms with Crippen LogP contribution in [0.4, 0.5) is 5.95 Å². The molecule has 0 fully saturated rings. The molecule has 4 N–H and O–H groups in total. The first-order valence-corrected chi connectivity index (χ1v) is 5.00. The van der Waals surface area contributed by atoms with E-state index >= 15 is 0 Å². The van der Waals surface area contributed by atoms with Gasteiger partial charge in [0.2, 0.25) is 5.95 Å². The Labute approximate surface area is 94.0 Å². The van der Waals surface area contributed by atoms with Crippen LogP contribution in [0.5, 0.6) is 0 Å². The summed E-state index contributed by atoms with van der Waals surface area (Å²) in [6.07, 6.45) is 1.51. The smallest absolute Gasteiger partial charge is 0.323 e. The first-order valence-electron chi connectivity index (χ1n) is 5.00. The fourth-order valence-electron chi connectivity index (χ4n) is 1.01. The maximum absolute atomic E-state index is 11.4. The van der Waals surface area contributed by atoms with E-state index in [1.165, 1.54) is 6.20 Å². The number of hydrogen-bond donors (Lipinski definition) is 2. The summed E-state index contributed by atoms with van der Waals surface area (Å²) in [5.41, 5.74) is 11.6. The molecule has 1 heterocycles. The fraction of sp³-hybridized carbons (Fsp3) is 0.500. The van der Waals surface area contributed by atoms with Crippen molar-refractivity contribution in [3.05, 3.63) is 18.0 Å². The van der Waals surface area contributed by atoms with Crippen LogP contribution in [0, 0.1) is 5.92 Å². The van der Waals surface area contributed by atoms with Gasteiger partial charge in [0.25, 0.3) is 0 Å². The summed E-state index contributed by atoms with van der Waals surface area (Å²) < 4.78 is 5.00. The third-order valence-corrected chi connectivity index (χ3v) is 2.08. The molecule has 88 valence electrons. The molecule has 0 aromatic carbocycles. The third-order valence-electron chi connectivity index (χ3n) is 2.08. The van der Waals surface area contributed by atoms with E-state index in [1.807, 2.05) is 13.8 Å². The van der Waals surface area contributed by atoms with Crippen LogP contribution in [-0.4, -0.2) is 22.0 Å². The lowest BCUT2D eigenvalue weighted by atomic mass is 10.1. The zero-order valence-corrected chi connectivity index (χ0v) is 9.38. The second-order valence-corrected chi connectivity index (χ2v) is 3.78. The van der Waals surface area contributed by atoms with E-state index in [2.05, 4.69) is 9.97 Å². The Morgan fingerprint density at radius 3 is 2.81 bits per heavy atom. The van der Waals surface area contributed by atoms with Crippen LogP contribution in [0.1, 0.15) is 19.5 Å². The van der Waals surface area contributed by atoms with Crippen LogP contribution in [0.2, 0.25) is 0 Å². The molecule has 1 atom stereocenters. The maximum atomic E-state index is 11.4. The topological polar surface area (TPSA) is 104 Å². The van der Waals surface area contributed by atoms with E-state index in [4.69, 9.17) is 16.2 Å². The molecule has 1 unspecified atom stereocenters. The number of esters is 1. The Bertz CT molecular complexity index is 368. The second kappa shape index (κ2) is 5.41. The van der Waals surface area contributed by atoms with E-state index in [0.29, 0.717) is 5.69 Å². The molecule has 1 aromatic heterocycles. The Hall–Kier alpha value is -1.69. The third kappa shape index (κ3) is 3.47. The van der Waals surface area contributed by atoms with Crippen LogP contribution >= 0.6 is 0 Å². The minimum absolute atomic E-state index is 0.0444. The number of nitrogens with zero attached hydrogens (tertiary/aromatic N) is 2. The van der Waals surface area contributed by atoms with E-state index in [9.17, 15) is 4.79 Å². The van der Waals surface area contributed by atoms with Gasteiger partial charge < -0.3 is 16.2 Å². The number of nitrogen functional groups attached to an aromatic ring is 1. The average molecular weight is 224 g/mol. The van der Waals surface area contributed by atoms with Gasteiger partial charge in [0, 0.05) is 6.20 Å². The Morgan fingerprint density at radius 2 is 2.25 bits per heavy atom. The minimum atomic E-state index is -0.612. The number of nitrogens with two attached hydrogens (primary N) is 2. The van der Waals surface area contributed by atoms with E-state index < -0.39 is 12.0 Å². The van der Waals surface area contributed by atoms with Crippen molar-refractivity contribution in [2.45, 2.75) is 26.5 Å². The zero-order chi connectivity index (χ0) is 12.1. The maximum Gasteiger partial charge on any atom is 0.323 e. The summed E-state index contributed by atoms with van der Waals surface area (Å²) in [7, 11) is 0. The van der Waals surface area contributed by atoms with Crippen LogP contribution in [0.15, 0.2) is 12.3 Å². The van der Waals surface area contributed by atoms with Gasteiger partial charge in [-0.25, -0.2) is 9.97 Å². The van der Waals surface area contributed by atoms with Crippen LogP contribution in [-0.2, 0) is 16.1 Å². The number of ether oxygens (including phenoxy) is 1. The van der Waals surface area contributed by atoms with Crippen LogP contribution < -0.4 is 11.5 Å². The molecule has 0 saturated heterocycles. The van der Waals surface area contributed by atoms with Crippen molar-refractivity contribution in [2.24, 2.45) is 11.7 Å². The van der Waals surface area contributed by atoms with Crippen molar-refractivity contribution in [1.29, 1.82) is 0 Å². The van der Waals surface area contributed by atoms with Gasteiger partial charge in [-0.05, 0) is 12.0 Å². The minimum Gasteiger partial charge on any atom is -0.458 e. The van der Waals surface area contributed by atoms with Crippen LogP contribution in [0.25, 0.3) is 0 Å². The summed E-state index contributed by atoms with van der Waals surface area (Å²) in [4.78, 5) is 19.1. The summed E-state index contributed by atoms with van der Waals surface area (Å²) in [6, 6.07) is 1.02. The SMILES string of the molecule is CC(C)C(N)C(=O)OCc1ccnc(N)n1. The molecule has 6 heteroatoms. The van der Waals surface area contributed by atoms with Gasteiger partial charge >= 0.3 is 5.97 Å². The van der Waals surface area contributed by atoms with Gasteiger partial charge in [0.1, 0.15) is 12.6 Å². The highest BCUT2D eigenvalue weighted by molar-refractivity contribution is 5.75. The van der Waals surface area contributed by atoms with Crippen molar-refractivity contribution >= 4 is 11.9 Å². The highest BCUT2D eigenvalue weighted by Crippen LogP contribution is 2.04. The molecule has 0 aliphatic carbocycles. The molecule has 1 aromatic rings. The van der Waals surface area contributed by atoms with E-state index in [1.54, 1.807) is 6.07 Å². The molecular formula is C10H16N4O2. The zero-order valence-electron chi connectivity index (χ0n) is 9.38. The Kier molecular flexibility index (Phi) is 4.19. The summed E-state index contributed by atoms with van der Waals surface area (Å²) >= 11 is 0. The first kappa shape index (κ1) is 12.4. The Balaban J connectivity index is 2.49. The number of hydrogen-bond acceptors (Lipinski definition) is 6. The molecule has 16 heavy (non-hydrogen) atoms. The normalized spacial score (nSPS) is 12.5. The summed E-state index contributed by atoms with van der Waals surface area (Å²) in [5.74, 6) is -0.239. The highest BCUT2D eigenvalue weighted by Gasteiger charge is 2.18. The van der Waals surface area contributed by atoms with Crippen molar-refractivity contribution in [3.8, 4) is 0 Å². The van der Waals surface area contributed by atoms with Gasteiger partial charge in [-0.1, -0.05) is 13.8 Å². The lowest BCUT2D eigenvalue weighted by Gasteiger charge is -2.14. The molecular weight excluding hydrogens is 208 g/mol. The predicted octanol–water partition coefficient (Wildman–Crippen LogP) is 0.0853. The summed E-state index contributed by atoms with van der Waals surface area (Å²) in [5, 5.41) is 0. The lowest BCUT2D eigenvalue weighted by Crippen LogP contribution is -2.36. The lowest BCUT2D eigenvalue weighted by molar-refractivity contribution is -0.147. The van der Waals surface area contributed by atoms with Crippen molar-refractivity contribution < 1.29 is 9.53 Å². The molecule has 1 rings (SSSR count). The molecule has 0 bridgehead atoms. The highest BCUT2D eigenvalue weighted by atomic mass is 16.5. The predicted molar refractivity (Wildman–Crippen MR) is 59.1 cm³/mol. The largest absolute Gasteiger partial charge is 0.458 e. The quantitative estimate of drug-likeness (QED) is 0.702. The van der Waals surface area contributed by atoms with Gasteiger partial charge in [0.05, 0.1) is 5.69 Å². The molecule has 0 aliphatic rings.